The summed E-state index contributed by atoms with van der Waals surface area (Å²) in [7, 11) is 0. The van der Waals surface area contributed by atoms with E-state index in [1.807, 2.05) is 0 Å². The second-order valence-electron chi connectivity index (χ2n) is 1.73. The van der Waals surface area contributed by atoms with Crippen LogP contribution in [0.3, 0.4) is 0 Å². The van der Waals surface area contributed by atoms with Crippen LogP contribution in [-0.4, -0.2) is 18.5 Å². The molecule has 0 bridgehead atoms. The summed E-state index contributed by atoms with van der Waals surface area (Å²) >= 11 is 0. The normalized spacial score (nSPS) is 15.9. The lowest BCUT2D eigenvalue weighted by Crippen LogP contribution is -2.37. The van der Waals surface area contributed by atoms with Gasteiger partial charge in [-0.25, -0.2) is 13.2 Å². The molecular formula is C5H6F5. The Hall–Kier alpha value is -0.350. The highest BCUT2D eigenvalue weighted by Gasteiger charge is 2.48. The topological polar surface area (TPSA) is 0 Å². The van der Waals surface area contributed by atoms with Crippen LogP contribution in [-0.2, 0) is 0 Å². The molecule has 1 unspecified atom stereocenters. The molecule has 0 aromatic carbocycles. The first-order chi connectivity index (χ1) is 4.42. The third-order valence-electron chi connectivity index (χ3n) is 0.962. The second kappa shape index (κ2) is 3.16. The van der Waals surface area contributed by atoms with Crippen molar-refractivity contribution >= 4 is 0 Å². The summed E-state index contributed by atoms with van der Waals surface area (Å²) in [5.41, 5.74) is 0. The maximum atomic E-state index is 11.9. The summed E-state index contributed by atoms with van der Waals surface area (Å²) in [6, 6.07) is 0. The predicted octanol–water partition coefficient (Wildman–Crippen LogP) is 2.45. The van der Waals surface area contributed by atoms with E-state index in [4.69, 9.17) is 0 Å². The number of halogens is 5. The molecule has 0 heterocycles. The van der Waals surface area contributed by atoms with Crippen LogP contribution in [0.4, 0.5) is 22.0 Å². The van der Waals surface area contributed by atoms with Crippen molar-refractivity contribution in [1.29, 1.82) is 0 Å². The van der Waals surface area contributed by atoms with E-state index in [0.29, 0.717) is 0 Å². The molecule has 0 rings (SSSR count). The Labute approximate surface area is 55.0 Å². The molecule has 0 amide bonds. The van der Waals surface area contributed by atoms with Crippen LogP contribution in [0, 0.1) is 6.92 Å². The minimum Gasteiger partial charge on any atom is -0.241 e. The van der Waals surface area contributed by atoms with Crippen LogP contribution in [0.5, 0.6) is 0 Å². The molecule has 0 saturated heterocycles. The maximum absolute atomic E-state index is 11.9. The number of alkyl halides is 5. The highest BCUT2D eigenvalue weighted by atomic mass is 19.3. The Morgan fingerprint density at radius 3 is 1.70 bits per heavy atom. The zero-order valence-corrected chi connectivity index (χ0v) is 4.96. The zero-order valence-electron chi connectivity index (χ0n) is 4.96. The standard InChI is InChI=1S/C5H6F5/c1-2-3(6)5(9,10)4(7)8/h3-4H,1-2H2. The van der Waals surface area contributed by atoms with Gasteiger partial charge in [0.1, 0.15) is 0 Å². The van der Waals surface area contributed by atoms with Crippen LogP contribution < -0.4 is 0 Å². The molecule has 1 radical (unpaired) electrons. The average molecular weight is 161 g/mol. The molecule has 0 N–H and O–H groups in total. The lowest BCUT2D eigenvalue weighted by molar-refractivity contribution is -0.169. The Morgan fingerprint density at radius 2 is 1.60 bits per heavy atom. The molecule has 1 atom stereocenters. The third-order valence-corrected chi connectivity index (χ3v) is 0.962. The monoisotopic (exact) mass is 161 g/mol. The van der Waals surface area contributed by atoms with E-state index in [-0.39, 0.29) is 0 Å². The van der Waals surface area contributed by atoms with E-state index in [0.717, 1.165) is 0 Å². The molecule has 0 aromatic rings. The number of rotatable bonds is 3. The molecule has 0 nitrogen and oxygen atoms in total. The van der Waals surface area contributed by atoms with Gasteiger partial charge in [-0.3, -0.25) is 0 Å². The molecule has 0 aromatic heterocycles. The largest absolute Gasteiger partial charge is 0.337 e. The van der Waals surface area contributed by atoms with Crippen molar-refractivity contribution in [3.63, 3.8) is 0 Å². The smallest absolute Gasteiger partial charge is 0.241 e. The fraction of sp³-hybridized carbons (Fsp3) is 0.800. The van der Waals surface area contributed by atoms with Crippen molar-refractivity contribution in [2.24, 2.45) is 0 Å². The van der Waals surface area contributed by atoms with Crippen molar-refractivity contribution in [3.8, 4) is 0 Å². The molecule has 0 fully saturated rings. The van der Waals surface area contributed by atoms with Crippen LogP contribution in [0.1, 0.15) is 6.42 Å². The molecule has 0 aliphatic carbocycles. The van der Waals surface area contributed by atoms with E-state index in [9.17, 15) is 22.0 Å². The van der Waals surface area contributed by atoms with Gasteiger partial charge in [-0.05, 0) is 6.42 Å². The van der Waals surface area contributed by atoms with Crippen LogP contribution in [0.25, 0.3) is 0 Å². The SMILES string of the molecule is [CH2]CC(F)C(F)(F)C(F)F. The molecule has 0 aliphatic rings. The summed E-state index contributed by atoms with van der Waals surface area (Å²) in [5, 5.41) is 0. The van der Waals surface area contributed by atoms with E-state index in [1.54, 1.807) is 0 Å². The van der Waals surface area contributed by atoms with E-state index in [1.165, 1.54) is 0 Å². The van der Waals surface area contributed by atoms with Gasteiger partial charge in [0.2, 0.25) is 0 Å². The molecule has 0 aliphatic heterocycles. The van der Waals surface area contributed by atoms with Gasteiger partial charge in [-0.2, -0.15) is 8.78 Å². The van der Waals surface area contributed by atoms with Gasteiger partial charge in [0.05, 0.1) is 0 Å². The summed E-state index contributed by atoms with van der Waals surface area (Å²) in [5.74, 6) is -4.55. The third kappa shape index (κ3) is 1.82. The van der Waals surface area contributed by atoms with Crippen LogP contribution in [0.15, 0.2) is 0 Å². The van der Waals surface area contributed by atoms with Gasteiger partial charge in [0, 0.05) is 0 Å². The number of hydrogen-bond donors (Lipinski definition) is 0. The van der Waals surface area contributed by atoms with Gasteiger partial charge in [-0.15, -0.1) is 0 Å². The van der Waals surface area contributed by atoms with Crippen LogP contribution in [0.2, 0.25) is 0 Å². The lowest BCUT2D eigenvalue weighted by Gasteiger charge is -2.17. The molecular weight excluding hydrogens is 155 g/mol. The van der Waals surface area contributed by atoms with Crippen LogP contribution >= 0.6 is 0 Å². The van der Waals surface area contributed by atoms with Gasteiger partial charge < -0.3 is 0 Å². The van der Waals surface area contributed by atoms with Crippen molar-refractivity contribution in [2.45, 2.75) is 24.9 Å². The van der Waals surface area contributed by atoms with Crippen molar-refractivity contribution in [1.82, 2.24) is 0 Å². The Balaban J connectivity index is 4.09. The lowest BCUT2D eigenvalue weighted by atomic mass is 10.2. The molecule has 0 saturated carbocycles. The quantitative estimate of drug-likeness (QED) is 0.557. The first-order valence-electron chi connectivity index (χ1n) is 2.52. The van der Waals surface area contributed by atoms with E-state index >= 15 is 0 Å². The Kier molecular flexibility index (Phi) is 3.05. The minimum atomic E-state index is -4.55. The van der Waals surface area contributed by atoms with Crippen molar-refractivity contribution in [2.75, 3.05) is 0 Å². The average Bonchev–Trinajstić information content (AvgIpc) is 1.86. The fourth-order valence-electron chi connectivity index (χ4n) is 0.329. The zero-order chi connectivity index (χ0) is 8.36. The van der Waals surface area contributed by atoms with Crippen molar-refractivity contribution < 1.29 is 22.0 Å². The van der Waals surface area contributed by atoms with Gasteiger partial charge in [0.15, 0.2) is 6.17 Å². The molecule has 61 valence electrons. The Bertz CT molecular complexity index is 100. The summed E-state index contributed by atoms with van der Waals surface area (Å²) in [6.07, 6.45) is -7.66. The number of hydrogen-bond acceptors (Lipinski definition) is 0. The first-order valence-corrected chi connectivity index (χ1v) is 2.52. The van der Waals surface area contributed by atoms with E-state index in [2.05, 4.69) is 6.92 Å². The van der Waals surface area contributed by atoms with Crippen molar-refractivity contribution in [3.05, 3.63) is 6.92 Å². The van der Waals surface area contributed by atoms with E-state index < -0.39 is 24.9 Å². The maximum Gasteiger partial charge on any atom is 0.337 e. The minimum absolute atomic E-state index is 0.850. The highest BCUT2D eigenvalue weighted by Crippen LogP contribution is 2.30. The van der Waals surface area contributed by atoms with Gasteiger partial charge >= 0.3 is 12.3 Å². The second-order valence-corrected chi connectivity index (χ2v) is 1.73. The summed E-state index contributed by atoms with van der Waals surface area (Å²) in [6.45, 7) is 2.75. The molecule has 0 spiro atoms. The fourth-order valence-corrected chi connectivity index (χ4v) is 0.329. The summed E-state index contributed by atoms with van der Waals surface area (Å²) in [4.78, 5) is 0. The predicted molar refractivity (Wildman–Crippen MR) is 25.8 cm³/mol. The molecule has 5 heteroatoms. The molecule has 10 heavy (non-hydrogen) atoms. The first kappa shape index (κ1) is 9.65. The van der Waals surface area contributed by atoms with Gasteiger partial charge in [-0.1, -0.05) is 6.92 Å². The highest BCUT2D eigenvalue weighted by molar-refractivity contribution is 4.79. The Morgan fingerprint density at radius 1 is 1.20 bits per heavy atom. The van der Waals surface area contributed by atoms with Gasteiger partial charge in [0.25, 0.3) is 0 Å². The summed E-state index contributed by atoms with van der Waals surface area (Å²) < 4.78 is 57.9.